The number of nitrogens with zero attached hydrogens (tertiary/aromatic N) is 3. The van der Waals surface area contributed by atoms with Crippen molar-refractivity contribution >= 4 is 115 Å². The molecule has 14 rings (SSSR count). The fourth-order valence-corrected chi connectivity index (χ4v) is 10.7. The second-order valence-electron chi connectivity index (χ2n) is 17.6. The van der Waals surface area contributed by atoms with Crippen molar-refractivity contribution in [2.24, 2.45) is 9.98 Å². The van der Waals surface area contributed by atoms with E-state index >= 15 is 0 Å². The maximum atomic E-state index is 7.18. The van der Waals surface area contributed by atoms with E-state index in [0.717, 1.165) is 106 Å². The lowest BCUT2D eigenvalue weighted by Gasteiger charge is -2.18. The second-order valence-corrected chi connectivity index (χ2v) is 17.6. The van der Waals surface area contributed by atoms with E-state index in [1.165, 1.54) is 37.9 Å². The normalized spacial score (nSPS) is 16.5. The SMILES string of the molecule is C\C1=C(c2cccc3ccccc23)/N=C(c2cccc3oc4ccccc4c23)\N=C(\c2cc(-n3c4ccccc4c4cc5ccccc5cc43)c3oc4c5ccccc5ccc4c3c2)CC1. The Kier molecular flexibility index (Phi) is 7.96. The zero-order valence-corrected chi connectivity index (χ0v) is 36.0. The molecule has 0 unspecified atom stereocenters. The van der Waals surface area contributed by atoms with Gasteiger partial charge in [0.2, 0.25) is 0 Å². The van der Waals surface area contributed by atoms with Crippen LogP contribution < -0.4 is 0 Å². The Morgan fingerprint density at radius 2 is 1.09 bits per heavy atom. The molecule has 5 nitrogen and oxygen atoms in total. The Balaban J connectivity index is 1.08. The number of benzene rings is 10. The van der Waals surface area contributed by atoms with Gasteiger partial charge in [-0.05, 0) is 106 Å². The van der Waals surface area contributed by atoms with Crippen LogP contribution in [0.3, 0.4) is 0 Å². The van der Waals surface area contributed by atoms with E-state index < -0.39 is 0 Å². The zero-order chi connectivity index (χ0) is 43.5. The Hall–Kier alpha value is -8.54. The van der Waals surface area contributed by atoms with Crippen LogP contribution in [0.4, 0.5) is 0 Å². The van der Waals surface area contributed by atoms with E-state index in [4.69, 9.17) is 18.8 Å². The summed E-state index contributed by atoms with van der Waals surface area (Å²) in [5, 5.41) is 13.5. The number of hydrogen-bond donors (Lipinski definition) is 0. The van der Waals surface area contributed by atoms with Crippen LogP contribution >= 0.6 is 0 Å². The largest absolute Gasteiger partial charge is 0.456 e. The smallest absolute Gasteiger partial charge is 0.160 e. The summed E-state index contributed by atoms with van der Waals surface area (Å²) in [4.78, 5) is 11.4. The van der Waals surface area contributed by atoms with Gasteiger partial charge in [0, 0.05) is 48.8 Å². The summed E-state index contributed by atoms with van der Waals surface area (Å²) in [6, 6.07) is 69.2. The van der Waals surface area contributed by atoms with E-state index in [1.807, 2.05) is 18.2 Å². The van der Waals surface area contributed by atoms with Crippen molar-refractivity contribution in [3.63, 3.8) is 0 Å². The number of hydrogen-bond acceptors (Lipinski definition) is 4. The zero-order valence-electron chi connectivity index (χ0n) is 36.0. The monoisotopic (exact) mass is 845 g/mol. The number of para-hydroxylation sites is 2. The van der Waals surface area contributed by atoms with Crippen molar-refractivity contribution in [2.75, 3.05) is 0 Å². The molecular formula is C61H39N3O2. The van der Waals surface area contributed by atoms with Crippen LogP contribution in [0, 0.1) is 0 Å². The third kappa shape index (κ3) is 5.53. The average Bonchev–Trinajstić information content (AvgIpc) is 4.04. The van der Waals surface area contributed by atoms with Crippen LogP contribution in [0.25, 0.3) is 109 Å². The Morgan fingerprint density at radius 1 is 0.424 bits per heavy atom. The third-order valence-corrected chi connectivity index (χ3v) is 13.8. The maximum absolute atomic E-state index is 7.18. The summed E-state index contributed by atoms with van der Waals surface area (Å²) in [5.74, 6) is 0.650. The fourth-order valence-electron chi connectivity index (χ4n) is 10.7. The van der Waals surface area contributed by atoms with Gasteiger partial charge in [-0.3, -0.25) is 0 Å². The molecule has 5 heteroatoms. The predicted octanol–water partition coefficient (Wildman–Crippen LogP) is 16.5. The quantitative estimate of drug-likeness (QED) is 0.177. The highest BCUT2D eigenvalue weighted by Crippen LogP contribution is 2.43. The van der Waals surface area contributed by atoms with Crippen LogP contribution in [-0.2, 0) is 0 Å². The van der Waals surface area contributed by atoms with E-state index in [1.54, 1.807) is 0 Å². The van der Waals surface area contributed by atoms with Crippen molar-refractivity contribution in [3.8, 4) is 5.69 Å². The second kappa shape index (κ2) is 14.2. The molecule has 0 spiro atoms. The first-order valence-corrected chi connectivity index (χ1v) is 22.7. The minimum atomic E-state index is 0.650. The molecule has 0 fully saturated rings. The number of aliphatic imine (C=N–C) groups is 2. The first-order chi connectivity index (χ1) is 32.6. The molecule has 0 radical (unpaired) electrons. The number of amidine groups is 1. The van der Waals surface area contributed by atoms with Gasteiger partial charge >= 0.3 is 0 Å². The lowest BCUT2D eigenvalue weighted by molar-refractivity contribution is 0.669. The van der Waals surface area contributed by atoms with Gasteiger partial charge in [0.25, 0.3) is 0 Å². The van der Waals surface area contributed by atoms with Crippen LogP contribution in [0.15, 0.2) is 219 Å². The highest BCUT2D eigenvalue weighted by Gasteiger charge is 2.25. The van der Waals surface area contributed by atoms with Gasteiger partial charge in [0.15, 0.2) is 11.4 Å². The van der Waals surface area contributed by atoms with Gasteiger partial charge < -0.3 is 13.4 Å². The highest BCUT2D eigenvalue weighted by atomic mass is 16.3. The Bertz CT molecular complexity index is 4300. The lowest BCUT2D eigenvalue weighted by Crippen LogP contribution is -2.11. The van der Waals surface area contributed by atoms with E-state index in [9.17, 15) is 0 Å². The van der Waals surface area contributed by atoms with E-state index in [-0.39, 0.29) is 0 Å². The lowest BCUT2D eigenvalue weighted by atomic mass is 9.94. The molecule has 3 aromatic heterocycles. The molecule has 0 saturated heterocycles. The molecule has 0 N–H and O–H groups in total. The number of fused-ring (bicyclic) bond motifs is 13. The number of allylic oxidation sites excluding steroid dienone is 1. The molecule has 310 valence electrons. The van der Waals surface area contributed by atoms with Crippen LogP contribution in [-0.4, -0.2) is 16.1 Å². The number of aromatic nitrogens is 1. The Morgan fingerprint density at radius 3 is 1.95 bits per heavy atom. The molecule has 4 heterocycles. The van der Waals surface area contributed by atoms with Gasteiger partial charge in [0.1, 0.15) is 16.7 Å². The predicted molar refractivity (Wildman–Crippen MR) is 276 cm³/mol. The molecule has 0 bridgehead atoms. The first-order valence-electron chi connectivity index (χ1n) is 22.7. The topological polar surface area (TPSA) is 55.9 Å². The molecule has 1 aliphatic heterocycles. The van der Waals surface area contributed by atoms with Crippen LogP contribution in [0.1, 0.15) is 36.5 Å². The van der Waals surface area contributed by atoms with Crippen molar-refractivity contribution in [3.05, 3.63) is 216 Å². The van der Waals surface area contributed by atoms with Crippen molar-refractivity contribution in [1.29, 1.82) is 0 Å². The minimum absolute atomic E-state index is 0.650. The molecular weight excluding hydrogens is 807 g/mol. The van der Waals surface area contributed by atoms with E-state index in [2.05, 4.69) is 187 Å². The summed E-state index contributed by atoms with van der Waals surface area (Å²) in [5.41, 5.74) is 12.7. The van der Waals surface area contributed by atoms with Gasteiger partial charge in [-0.15, -0.1) is 0 Å². The summed E-state index contributed by atoms with van der Waals surface area (Å²) in [7, 11) is 0. The molecule has 0 saturated carbocycles. The minimum Gasteiger partial charge on any atom is -0.456 e. The van der Waals surface area contributed by atoms with Crippen LogP contribution in [0.5, 0.6) is 0 Å². The maximum Gasteiger partial charge on any atom is 0.160 e. The summed E-state index contributed by atoms with van der Waals surface area (Å²) in [6.07, 6.45) is 1.47. The van der Waals surface area contributed by atoms with Gasteiger partial charge in [-0.1, -0.05) is 146 Å². The van der Waals surface area contributed by atoms with Crippen molar-refractivity contribution in [2.45, 2.75) is 19.8 Å². The molecule has 13 aromatic rings. The summed E-state index contributed by atoms with van der Waals surface area (Å²) in [6.45, 7) is 2.24. The van der Waals surface area contributed by atoms with Gasteiger partial charge in [-0.2, -0.15) is 0 Å². The third-order valence-electron chi connectivity index (χ3n) is 13.8. The van der Waals surface area contributed by atoms with E-state index in [0.29, 0.717) is 12.3 Å². The Labute approximate surface area is 378 Å². The van der Waals surface area contributed by atoms with Crippen LogP contribution in [0.2, 0.25) is 0 Å². The van der Waals surface area contributed by atoms with Crippen molar-refractivity contribution < 1.29 is 8.83 Å². The molecule has 0 aliphatic carbocycles. The van der Waals surface area contributed by atoms with Gasteiger partial charge in [0.05, 0.1) is 28.1 Å². The fraction of sp³-hybridized carbons (Fsp3) is 0.0492. The highest BCUT2D eigenvalue weighted by molar-refractivity contribution is 6.25. The number of furan rings is 2. The average molecular weight is 846 g/mol. The summed E-state index contributed by atoms with van der Waals surface area (Å²) >= 11 is 0. The first kappa shape index (κ1) is 36.9. The van der Waals surface area contributed by atoms with Gasteiger partial charge in [-0.25, -0.2) is 9.98 Å². The molecule has 0 atom stereocenters. The molecule has 66 heavy (non-hydrogen) atoms. The standard InChI is InChI=1S/C61H39N3O2/c1-36-28-31-51(62-61(63-58(36)45-23-12-18-37-14-4-6-19-42(37)45)48-24-13-27-56-57(48)47-22-9-11-26-55(47)65-56)41-33-50-46-30-29-38-15-5-7-20-43(38)59(46)66-60(50)54(35-41)64-52-25-10-8-21-44(52)49-32-39-16-2-3-17-40(39)34-53(49)64/h2-27,29-30,32-35H,28,31H2,1H3/b58-36+,62-51+,63-61-. The number of rotatable bonds is 4. The summed E-state index contributed by atoms with van der Waals surface area (Å²) < 4.78 is 16.1. The van der Waals surface area contributed by atoms with Crippen molar-refractivity contribution in [1.82, 2.24) is 4.57 Å². The molecule has 1 aliphatic rings. The molecule has 10 aromatic carbocycles. The molecule has 0 amide bonds.